The molecule has 0 aliphatic carbocycles. The number of methoxy groups -OCH3 is 1. The maximum atomic E-state index is 13.3. The van der Waals surface area contributed by atoms with Crippen LogP contribution in [0.2, 0.25) is 5.02 Å². The number of allylic oxidation sites excluding steroid dienone is 1. The minimum Gasteiger partial charge on any atom is -0.493 e. The van der Waals surface area contributed by atoms with Crippen LogP contribution in [0.3, 0.4) is 0 Å². The number of nitrogens with one attached hydrogen (secondary N) is 3. The van der Waals surface area contributed by atoms with Crippen LogP contribution < -0.4 is 25.4 Å². The molecular weight excluding hydrogens is 504 g/mol. The molecule has 1 fully saturated rings. The van der Waals surface area contributed by atoms with Gasteiger partial charge >= 0.3 is 0 Å². The molecule has 0 bridgehead atoms. The Kier molecular flexibility index (Phi) is 8.29. The monoisotopic (exact) mass is 530 g/mol. The first-order chi connectivity index (χ1) is 17.4. The lowest BCUT2D eigenvalue weighted by atomic mass is 9.94. The van der Waals surface area contributed by atoms with Gasteiger partial charge in [0, 0.05) is 29.5 Å². The molecule has 4 rings (SSSR count). The summed E-state index contributed by atoms with van der Waals surface area (Å²) in [5.41, 5.74) is 2.39. The van der Waals surface area contributed by atoms with Crippen molar-refractivity contribution in [1.82, 2.24) is 15.5 Å². The lowest BCUT2D eigenvalue weighted by Gasteiger charge is -2.30. The molecule has 2 heterocycles. The Balaban J connectivity index is 1.54. The van der Waals surface area contributed by atoms with E-state index in [4.69, 9.17) is 38.0 Å². The van der Waals surface area contributed by atoms with E-state index in [9.17, 15) is 9.59 Å². The summed E-state index contributed by atoms with van der Waals surface area (Å²) in [5.74, 6) is 0.428. The van der Waals surface area contributed by atoms with Gasteiger partial charge in [-0.1, -0.05) is 23.7 Å². The minimum atomic E-state index is -0.545. The molecule has 0 saturated carbocycles. The first-order valence-corrected chi connectivity index (χ1v) is 12.2. The van der Waals surface area contributed by atoms with Gasteiger partial charge in [0.15, 0.2) is 23.2 Å². The Labute approximate surface area is 219 Å². The number of hydrogen-bond donors (Lipinski definition) is 3. The summed E-state index contributed by atoms with van der Waals surface area (Å²) < 4.78 is 16.6. The Morgan fingerprint density at radius 1 is 1.19 bits per heavy atom. The summed E-state index contributed by atoms with van der Waals surface area (Å²) in [6, 6.07) is 11.7. The molecule has 2 amide bonds. The minimum absolute atomic E-state index is 0.113. The third-order valence-corrected chi connectivity index (χ3v) is 6.29. The van der Waals surface area contributed by atoms with E-state index < -0.39 is 6.04 Å². The van der Waals surface area contributed by atoms with Gasteiger partial charge in [0.2, 0.25) is 0 Å². The van der Waals surface area contributed by atoms with Gasteiger partial charge in [-0.3, -0.25) is 9.59 Å². The van der Waals surface area contributed by atoms with E-state index >= 15 is 0 Å². The van der Waals surface area contributed by atoms with Crippen molar-refractivity contribution in [1.29, 1.82) is 0 Å². The lowest BCUT2D eigenvalue weighted by molar-refractivity contribution is -0.137. The molecule has 1 atom stereocenters. The second-order valence-electron chi connectivity index (χ2n) is 8.23. The number of carbonyl (C=O) groups excluding carboxylic acids is 2. The first-order valence-electron chi connectivity index (χ1n) is 11.4. The summed E-state index contributed by atoms with van der Waals surface area (Å²) in [7, 11) is 1.52. The molecule has 3 N–H and O–H groups in total. The largest absolute Gasteiger partial charge is 0.493 e. The van der Waals surface area contributed by atoms with Gasteiger partial charge in [0.25, 0.3) is 11.8 Å². The zero-order valence-electron chi connectivity index (χ0n) is 19.9. The van der Waals surface area contributed by atoms with Crippen LogP contribution in [0.15, 0.2) is 53.7 Å². The maximum Gasteiger partial charge on any atom is 0.260 e. The highest BCUT2D eigenvalue weighted by Crippen LogP contribution is 2.35. The van der Waals surface area contributed by atoms with Gasteiger partial charge in [-0.05, 0) is 55.0 Å². The molecule has 9 nitrogen and oxygen atoms in total. The third-order valence-electron chi connectivity index (χ3n) is 5.83. The van der Waals surface area contributed by atoms with Gasteiger partial charge in [0.05, 0.1) is 31.9 Å². The number of nitrogens with zero attached hydrogens (tertiary/aromatic N) is 1. The number of ether oxygens (including phenoxy) is 3. The van der Waals surface area contributed by atoms with Crippen LogP contribution in [-0.4, -0.2) is 61.8 Å². The van der Waals surface area contributed by atoms with Crippen molar-refractivity contribution in [3.05, 3.63) is 64.3 Å². The van der Waals surface area contributed by atoms with E-state index in [1.54, 1.807) is 48.2 Å². The van der Waals surface area contributed by atoms with Gasteiger partial charge in [0.1, 0.15) is 0 Å². The molecule has 1 saturated heterocycles. The number of halogens is 1. The highest BCUT2D eigenvalue weighted by molar-refractivity contribution is 7.80. The number of anilines is 1. The zero-order chi connectivity index (χ0) is 25.7. The van der Waals surface area contributed by atoms with Crippen molar-refractivity contribution in [2.24, 2.45) is 0 Å². The molecule has 0 radical (unpaired) electrons. The predicted octanol–water partition coefficient (Wildman–Crippen LogP) is 3.02. The van der Waals surface area contributed by atoms with E-state index in [0.717, 1.165) is 5.56 Å². The summed E-state index contributed by atoms with van der Waals surface area (Å²) >= 11 is 11.4. The van der Waals surface area contributed by atoms with Crippen molar-refractivity contribution in [2.75, 3.05) is 45.3 Å². The molecule has 2 aliphatic heterocycles. The lowest BCUT2D eigenvalue weighted by Crippen LogP contribution is -2.45. The molecule has 2 aromatic rings. The number of morpholine rings is 1. The highest BCUT2D eigenvalue weighted by atomic mass is 35.5. The van der Waals surface area contributed by atoms with Crippen LogP contribution in [0.1, 0.15) is 18.5 Å². The van der Waals surface area contributed by atoms with Gasteiger partial charge < -0.3 is 35.1 Å². The summed E-state index contributed by atoms with van der Waals surface area (Å²) in [6.45, 7) is 3.82. The van der Waals surface area contributed by atoms with Crippen LogP contribution in [0.4, 0.5) is 5.69 Å². The summed E-state index contributed by atoms with van der Waals surface area (Å²) in [5, 5.41) is 9.98. The van der Waals surface area contributed by atoms with E-state index in [-0.39, 0.29) is 18.4 Å². The molecule has 36 heavy (non-hydrogen) atoms. The Hall–Kier alpha value is -3.34. The second-order valence-corrected chi connectivity index (χ2v) is 9.07. The maximum absolute atomic E-state index is 13.3. The Morgan fingerprint density at radius 2 is 1.97 bits per heavy atom. The quantitative estimate of drug-likeness (QED) is 0.470. The van der Waals surface area contributed by atoms with Crippen LogP contribution in [0.5, 0.6) is 11.5 Å². The van der Waals surface area contributed by atoms with Gasteiger partial charge in [-0.25, -0.2) is 0 Å². The molecule has 1 unspecified atom stereocenters. The fourth-order valence-electron chi connectivity index (χ4n) is 4.04. The van der Waals surface area contributed by atoms with Crippen LogP contribution >= 0.6 is 23.8 Å². The number of hydrogen-bond acceptors (Lipinski definition) is 6. The highest BCUT2D eigenvalue weighted by Gasteiger charge is 2.31. The fourth-order valence-corrected chi connectivity index (χ4v) is 4.50. The average Bonchev–Trinajstić information content (AvgIpc) is 2.87. The smallest absolute Gasteiger partial charge is 0.260 e. The zero-order valence-corrected chi connectivity index (χ0v) is 21.5. The third kappa shape index (κ3) is 6.07. The van der Waals surface area contributed by atoms with E-state index in [0.29, 0.717) is 64.9 Å². The molecule has 11 heteroatoms. The Morgan fingerprint density at radius 3 is 2.69 bits per heavy atom. The van der Waals surface area contributed by atoms with Crippen LogP contribution in [-0.2, 0) is 14.3 Å². The van der Waals surface area contributed by atoms with Crippen molar-refractivity contribution in [2.45, 2.75) is 13.0 Å². The molecule has 2 aromatic carbocycles. The summed E-state index contributed by atoms with van der Waals surface area (Å²) in [6.07, 6.45) is 0. The molecule has 2 aliphatic rings. The second kappa shape index (κ2) is 11.6. The van der Waals surface area contributed by atoms with Crippen molar-refractivity contribution in [3.63, 3.8) is 0 Å². The van der Waals surface area contributed by atoms with Crippen molar-refractivity contribution < 1.29 is 23.8 Å². The standard InChI is InChI=1S/C25H27ClN4O5S/c1-15-22(24(32)28-18-5-3-4-17(26)13-18)23(29-25(36)27-15)16-6-7-19(20(12-16)33-2)35-14-21(31)30-8-10-34-11-9-30/h3-7,12-13,23H,8-11,14H2,1-2H3,(H,28,32)(H2,27,29,36). The van der Waals surface area contributed by atoms with E-state index in [2.05, 4.69) is 16.0 Å². The molecular formula is C25H27ClN4O5S. The molecule has 190 valence electrons. The van der Waals surface area contributed by atoms with Crippen molar-refractivity contribution >= 4 is 46.4 Å². The number of carbonyl (C=O) groups is 2. The Bertz CT molecular complexity index is 1200. The number of thiocarbonyl (C=S) groups is 1. The number of amides is 2. The van der Waals surface area contributed by atoms with Crippen LogP contribution in [0.25, 0.3) is 0 Å². The number of rotatable bonds is 7. The first kappa shape index (κ1) is 25.7. The fraction of sp³-hybridized carbons (Fsp3) is 0.320. The van der Waals surface area contributed by atoms with Gasteiger partial charge in [-0.15, -0.1) is 0 Å². The van der Waals surface area contributed by atoms with E-state index in [1.165, 1.54) is 7.11 Å². The number of benzene rings is 2. The molecule has 0 spiro atoms. The van der Waals surface area contributed by atoms with Crippen LogP contribution in [0, 0.1) is 0 Å². The summed E-state index contributed by atoms with van der Waals surface area (Å²) in [4.78, 5) is 27.5. The molecule has 0 aromatic heterocycles. The average molecular weight is 531 g/mol. The normalized spacial score (nSPS) is 17.7. The SMILES string of the molecule is COc1cc(C2NC(=S)NC(C)=C2C(=O)Nc2cccc(Cl)c2)ccc1OCC(=O)N1CCOCC1. The topological polar surface area (TPSA) is 101 Å². The van der Waals surface area contributed by atoms with Crippen molar-refractivity contribution in [3.8, 4) is 11.5 Å². The van der Waals surface area contributed by atoms with Gasteiger partial charge in [-0.2, -0.15) is 0 Å². The predicted molar refractivity (Wildman–Crippen MR) is 140 cm³/mol. The van der Waals surface area contributed by atoms with E-state index in [1.807, 2.05) is 6.07 Å².